The van der Waals surface area contributed by atoms with Gasteiger partial charge in [0.15, 0.2) is 0 Å². The monoisotopic (exact) mass is 226 g/mol. The summed E-state index contributed by atoms with van der Waals surface area (Å²) in [6.07, 6.45) is 3.60. The fraction of sp³-hybridized carbons (Fsp3) is 0.750. The van der Waals surface area contributed by atoms with E-state index in [1.54, 1.807) is 11.3 Å². The van der Waals surface area contributed by atoms with Crippen molar-refractivity contribution >= 4 is 11.3 Å². The molecule has 1 aromatic rings. The van der Waals surface area contributed by atoms with Crippen LogP contribution in [0.5, 0.6) is 0 Å². The Kier molecular flexibility index (Phi) is 5.26. The van der Waals surface area contributed by atoms with Gasteiger partial charge >= 0.3 is 0 Å². The predicted octanol–water partition coefficient (Wildman–Crippen LogP) is 3.02. The third-order valence-corrected chi connectivity index (χ3v) is 3.77. The Morgan fingerprint density at radius 2 is 2.20 bits per heavy atom. The highest BCUT2D eigenvalue weighted by atomic mass is 32.1. The number of nitrogens with one attached hydrogen (secondary N) is 1. The van der Waals surface area contributed by atoms with Gasteiger partial charge in [0, 0.05) is 17.1 Å². The van der Waals surface area contributed by atoms with Gasteiger partial charge in [0.05, 0.1) is 5.01 Å². The van der Waals surface area contributed by atoms with Crippen LogP contribution in [0.3, 0.4) is 0 Å². The van der Waals surface area contributed by atoms with Crippen molar-refractivity contribution in [2.45, 2.75) is 46.1 Å². The molecule has 1 atom stereocenters. The smallest absolute Gasteiger partial charge is 0.0928 e. The van der Waals surface area contributed by atoms with Gasteiger partial charge in [-0.15, -0.1) is 11.3 Å². The Labute approximate surface area is 97.1 Å². The fourth-order valence-electron chi connectivity index (χ4n) is 1.80. The highest BCUT2D eigenvalue weighted by Crippen LogP contribution is 2.14. The first kappa shape index (κ1) is 12.7. The van der Waals surface area contributed by atoms with Crippen molar-refractivity contribution in [3.63, 3.8) is 0 Å². The molecular formula is C12H22N2S. The molecule has 0 aromatic carbocycles. The maximum atomic E-state index is 4.48. The number of aryl methyl sites for hydroxylation is 2. The summed E-state index contributed by atoms with van der Waals surface area (Å²) in [4.78, 5) is 4.48. The van der Waals surface area contributed by atoms with Crippen LogP contribution in [0, 0.1) is 12.8 Å². The number of nitrogens with zero attached hydrogens (tertiary/aromatic N) is 1. The Morgan fingerprint density at radius 1 is 1.47 bits per heavy atom. The largest absolute Gasteiger partial charge is 0.317 e. The Bertz CT molecular complexity index is 281. The van der Waals surface area contributed by atoms with E-state index in [0.717, 1.165) is 12.1 Å². The topological polar surface area (TPSA) is 24.9 Å². The molecule has 0 spiro atoms. The average molecular weight is 226 g/mol. The highest BCUT2D eigenvalue weighted by molar-refractivity contribution is 7.09. The molecule has 86 valence electrons. The van der Waals surface area contributed by atoms with Crippen LogP contribution in [-0.2, 0) is 6.42 Å². The predicted molar refractivity (Wildman–Crippen MR) is 67.5 cm³/mol. The van der Waals surface area contributed by atoms with Crippen molar-refractivity contribution in [2.24, 2.45) is 5.92 Å². The lowest BCUT2D eigenvalue weighted by atomic mass is 9.99. The molecule has 1 unspecified atom stereocenters. The molecule has 3 heteroatoms. The zero-order chi connectivity index (χ0) is 11.3. The molecule has 0 aliphatic rings. The summed E-state index contributed by atoms with van der Waals surface area (Å²) in [6.45, 7) is 6.61. The summed E-state index contributed by atoms with van der Waals surface area (Å²) in [6, 6.07) is 0.644. The molecule has 0 fully saturated rings. The first-order chi connectivity index (χ1) is 7.13. The summed E-state index contributed by atoms with van der Waals surface area (Å²) in [7, 11) is 2.05. The first-order valence-electron chi connectivity index (χ1n) is 5.71. The van der Waals surface area contributed by atoms with Crippen LogP contribution in [0.25, 0.3) is 0 Å². The number of thiazole rings is 1. The van der Waals surface area contributed by atoms with Gasteiger partial charge in [0.2, 0.25) is 0 Å². The quantitative estimate of drug-likeness (QED) is 0.806. The lowest BCUT2D eigenvalue weighted by molar-refractivity contribution is 0.393. The second-order valence-electron chi connectivity index (χ2n) is 4.41. The molecule has 0 radical (unpaired) electrons. The molecule has 0 aliphatic carbocycles. The fourth-order valence-corrected chi connectivity index (χ4v) is 2.62. The summed E-state index contributed by atoms with van der Waals surface area (Å²) < 4.78 is 0. The zero-order valence-electron chi connectivity index (χ0n) is 10.2. The van der Waals surface area contributed by atoms with Crippen LogP contribution < -0.4 is 5.32 Å². The van der Waals surface area contributed by atoms with Crippen LogP contribution in [0.4, 0.5) is 0 Å². The van der Waals surface area contributed by atoms with Crippen molar-refractivity contribution in [1.29, 1.82) is 0 Å². The van der Waals surface area contributed by atoms with E-state index >= 15 is 0 Å². The number of rotatable bonds is 6. The molecule has 0 amide bonds. The molecule has 1 heterocycles. The summed E-state index contributed by atoms with van der Waals surface area (Å²) in [5.41, 5.74) is 1.16. The van der Waals surface area contributed by atoms with Gasteiger partial charge in [0.1, 0.15) is 0 Å². The second kappa shape index (κ2) is 6.23. The van der Waals surface area contributed by atoms with Gasteiger partial charge in [-0.1, -0.05) is 13.8 Å². The van der Waals surface area contributed by atoms with Crippen molar-refractivity contribution in [1.82, 2.24) is 10.3 Å². The van der Waals surface area contributed by atoms with Gasteiger partial charge < -0.3 is 5.32 Å². The Hall–Kier alpha value is -0.410. The van der Waals surface area contributed by atoms with E-state index in [1.165, 1.54) is 17.8 Å². The van der Waals surface area contributed by atoms with Crippen molar-refractivity contribution in [2.75, 3.05) is 7.05 Å². The number of hydrogen-bond donors (Lipinski definition) is 1. The van der Waals surface area contributed by atoms with E-state index in [9.17, 15) is 0 Å². The molecule has 0 aliphatic heterocycles. The summed E-state index contributed by atoms with van der Waals surface area (Å²) in [5.74, 6) is 0.716. The second-order valence-corrected chi connectivity index (χ2v) is 5.36. The summed E-state index contributed by atoms with van der Waals surface area (Å²) >= 11 is 1.79. The van der Waals surface area contributed by atoms with Crippen molar-refractivity contribution in [3.05, 3.63) is 16.1 Å². The van der Waals surface area contributed by atoms with E-state index in [0.29, 0.717) is 12.0 Å². The summed E-state index contributed by atoms with van der Waals surface area (Å²) in [5, 5.41) is 6.79. The SMILES string of the molecule is CNC(CCCc1nc(C)cs1)C(C)C. The highest BCUT2D eigenvalue weighted by Gasteiger charge is 2.10. The van der Waals surface area contributed by atoms with E-state index in [1.807, 2.05) is 0 Å². The van der Waals surface area contributed by atoms with E-state index in [2.05, 4.69) is 43.5 Å². The van der Waals surface area contributed by atoms with E-state index in [-0.39, 0.29) is 0 Å². The van der Waals surface area contributed by atoms with Crippen molar-refractivity contribution in [3.8, 4) is 0 Å². The van der Waals surface area contributed by atoms with Gasteiger partial charge in [0.25, 0.3) is 0 Å². The van der Waals surface area contributed by atoms with Crippen LogP contribution in [0.1, 0.15) is 37.4 Å². The molecule has 1 rings (SSSR count). The molecule has 0 saturated carbocycles. The van der Waals surface area contributed by atoms with Crippen molar-refractivity contribution < 1.29 is 0 Å². The maximum Gasteiger partial charge on any atom is 0.0928 e. The number of hydrogen-bond acceptors (Lipinski definition) is 3. The van der Waals surface area contributed by atoms with Crippen LogP contribution in [0.15, 0.2) is 5.38 Å². The third-order valence-electron chi connectivity index (χ3n) is 2.75. The van der Waals surface area contributed by atoms with Crippen LogP contribution >= 0.6 is 11.3 Å². The minimum absolute atomic E-state index is 0.644. The maximum absolute atomic E-state index is 4.48. The molecule has 1 N–H and O–H groups in total. The van der Waals surface area contributed by atoms with Crippen LogP contribution in [-0.4, -0.2) is 18.1 Å². The van der Waals surface area contributed by atoms with E-state index in [4.69, 9.17) is 0 Å². The Balaban J connectivity index is 2.26. The normalized spacial score (nSPS) is 13.4. The standard InChI is InChI=1S/C12H22N2S/c1-9(2)11(13-4)6-5-7-12-14-10(3)8-15-12/h8-9,11,13H,5-7H2,1-4H3. The molecule has 1 aromatic heterocycles. The average Bonchev–Trinajstić information content (AvgIpc) is 2.58. The zero-order valence-corrected chi connectivity index (χ0v) is 11.0. The lowest BCUT2D eigenvalue weighted by Crippen LogP contribution is -2.30. The van der Waals surface area contributed by atoms with Gasteiger partial charge in [-0.25, -0.2) is 4.98 Å². The van der Waals surface area contributed by atoms with E-state index < -0.39 is 0 Å². The van der Waals surface area contributed by atoms with Gasteiger partial charge in [-0.05, 0) is 39.2 Å². The molecule has 2 nitrogen and oxygen atoms in total. The Morgan fingerprint density at radius 3 is 2.67 bits per heavy atom. The van der Waals surface area contributed by atoms with Gasteiger partial charge in [-0.2, -0.15) is 0 Å². The molecule has 15 heavy (non-hydrogen) atoms. The molecule has 0 bridgehead atoms. The first-order valence-corrected chi connectivity index (χ1v) is 6.59. The lowest BCUT2D eigenvalue weighted by Gasteiger charge is -2.19. The van der Waals surface area contributed by atoms with Gasteiger partial charge in [-0.3, -0.25) is 0 Å². The minimum atomic E-state index is 0.644. The minimum Gasteiger partial charge on any atom is -0.317 e. The molecule has 0 saturated heterocycles. The third kappa shape index (κ3) is 4.31. The van der Waals surface area contributed by atoms with Crippen LogP contribution in [0.2, 0.25) is 0 Å². The number of aromatic nitrogens is 1. The molecular weight excluding hydrogens is 204 g/mol.